The van der Waals surface area contributed by atoms with Gasteiger partial charge >= 0.3 is 0 Å². The minimum Gasteiger partial charge on any atom is -0.385 e. The molecule has 0 aliphatic carbocycles. The van der Waals surface area contributed by atoms with Gasteiger partial charge in [-0.25, -0.2) is 0 Å². The molecule has 3 nitrogen and oxygen atoms in total. The number of nitrogens with zero attached hydrogens (tertiary/aromatic N) is 1. The van der Waals surface area contributed by atoms with E-state index in [0.717, 1.165) is 45.5 Å². The first-order chi connectivity index (χ1) is 8.79. The molecule has 0 spiro atoms. The van der Waals surface area contributed by atoms with Crippen LogP contribution in [0.1, 0.15) is 17.5 Å². The highest BCUT2D eigenvalue weighted by Crippen LogP contribution is 2.15. The predicted molar refractivity (Wildman–Crippen MR) is 74.8 cm³/mol. The molecular weight excluding hydrogens is 224 g/mol. The molecule has 0 aromatic heterocycles. The maximum absolute atomic E-state index is 6.13. The molecule has 0 amide bonds. The summed E-state index contributed by atoms with van der Waals surface area (Å²) in [5.74, 6) is 0. The van der Waals surface area contributed by atoms with Crippen molar-refractivity contribution in [2.45, 2.75) is 25.3 Å². The Labute approximate surface area is 110 Å². The van der Waals surface area contributed by atoms with Crippen molar-refractivity contribution in [2.75, 3.05) is 33.4 Å². The largest absolute Gasteiger partial charge is 0.385 e. The van der Waals surface area contributed by atoms with Crippen molar-refractivity contribution in [1.29, 1.82) is 0 Å². The lowest BCUT2D eigenvalue weighted by molar-refractivity contribution is 0.176. The van der Waals surface area contributed by atoms with E-state index >= 15 is 0 Å². The number of fused-ring (bicyclic) bond motifs is 1. The number of benzene rings is 1. The molecule has 0 fully saturated rings. The Morgan fingerprint density at radius 1 is 1.22 bits per heavy atom. The first-order valence-corrected chi connectivity index (χ1v) is 6.83. The summed E-state index contributed by atoms with van der Waals surface area (Å²) in [7, 11) is 1.73. The summed E-state index contributed by atoms with van der Waals surface area (Å²) in [6, 6.07) is 9.01. The smallest absolute Gasteiger partial charge is 0.0477 e. The van der Waals surface area contributed by atoms with Crippen LogP contribution in [0.5, 0.6) is 0 Å². The quantitative estimate of drug-likeness (QED) is 0.857. The third kappa shape index (κ3) is 3.80. The van der Waals surface area contributed by atoms with E-state index in [1.165, 1.54) is 11.1 Å². The molecule has 0 bridgehead atoms. The van der Waals surface area contributed by atoms with E-state index in [4.69, 9.17) is 10.5 Å². The molecule has 2 rings (SSSR count). The van der Waals surface area contributed by atoms with Gasteiger partial charge in [-0.15, -0.1) is 0 Å². The van der Waals surface area contributed by atoms with Crippen LogP contribution in [0, 0.1) is 0 Å². The number of rotatable bonds is 5. The van der Waals surface area contributed by atoms with Gasteiger partial charge in [0.2, 0.25) is 0 Å². The second-order valence-electron chi connectivity index (χ2n) is 5.11. The zero-order valence-corrected chi connectivity index (χ0v) is 11.3. The van der Waals surface area contributed by atoms with Crippen molar-refractivity contribution in [3.8, 4) is 0 Å². The highest BCUT2D eigenvalue weighted by Gasteiger charge is 2.15. The topological polar surface area (TPSA) is 38.5 Å². The van der Waals surface area contributed by atoms with Crippen molar-refractivity contribution >= 4 is 0 Å². The van der Waals surface area contributed by atoms with Gasteiger partial charge in [0.25, 0.3) is 0 Å². The van der Waals surface area contributed by atoms with Crippen molar-refractivity contribution in [3.05, 3.63) is 35.4 Å². The number of hydrogen-bond donors (Lipinski definition) is 1. The van der Waals surface area contributed by atoms with Crippen LogP contribution in [0.3, 0.4) is 0 Å². The molecule has 18 heavy (non-hydrogen) atoms. The molecule has 1 aliphatic rings. The van der Waals surface area contributed by atoms with E-state index in [0.29, 0.717) is 0 Å². The average Bonchev–Trinajstić information content (AvgIpc) is 2.59. The number of ether oxygens (including phenoxy) is 1. The molecule has 2 N–H and O–H groups in total. The van der Waals surface area contributed by atoms with E-state index < -0.39 is 0 Å². The Hall–Kier alpha value is -0.900. The van der Waals surface area contributed by atoms with Gasteiger partial charge in [-0.1, -0.05) is 24.3 Å². The van der Waals surface area contributed by atoms with Crippen LogP contribution < -0.4 is 5.73 Å². The molecule has 1 atom stereocenters. The third-order valence-electron chi connectivity index (χ3n) is 3.70. The van der Waals surface area contributed by atoms with Gasteiger partial charge < -0.3 is 15.4 Å². The Morgan fingerprint density at radius 2 is 1.83 bits per heavy atom. The Balaban J connectivity index is 1.84. The first-order valence-electron chi connectivity index (χ1n) is 6.83. The van der Waals surface area contributed by atoms with Crippen LogP contribution in [-0.2, 0) is 17.6 Å². The van der Waals surface area contributed by atoms with Crippen molar-refractivity contribution in [3.63, 3.8) is 0 Å². The van der Waals surface area contributed by atoms with Gasteiger partial charge in [0.15, 0.2) is 0 Å². The monoisotopic (exact) mass is 248 g/mol. The molecule has 1 aromatic carbocycles. The second kappa shape index (κ2) is 6.88. The summed E-state index contributed by atoms with van der Waals surface area (Å²) in [5.41, 5.74) is 9.14. The maximum Gasteiger partial charge on any atom is 0.0477 e. The maximum atomic E-state index is 6.13. The molecule has 1 heterocycles. The fraction of sp³-hybridized carbons (Fsp3) is 0.600. The van der Waals surface area contributed by atoms with Gasteiger partial charge in [-0.2, -0.15) is 0 Å². The first kappa shape index (κ1) is 13.5. The normalized spacial score (nSPS) is 18.1. The summed E-state index contributed by atoms with van der Waals surface area (Å²) < 4.78 is 5.08. The summed E-state index contributed by atoms with van der Waals surface area (Å²) in [6.45, 7) is 3.99. The number of methoxy groups -OCH3 is 1. The number of nitrogens with two attached hydrogens (primary N) is 1. The lowest BCUT2D eigenvalue weighted by Gasteiger charge is -2.23. The van der Waals surface area contributed by atoms with Gasteiger partial charge in [-0.05, 0) is 30.4 Å². The summed E-state index contributed by atoms with van der Waals surface area (Å²) in [4.78, 5) is 2.49. The van der Waals surface area contributed by atoms with E-state index in [9.17, 15) is 0 Å². The molecule has 3 heteroatoms. The molecule has 1 aliphatic heterocycles. The zero-order valence-electron chi connectivity index (χ0n) is 11.3. The minimum absolute atomic E-state index is 0.228. The molecule has 0 radical (unpaired) electrons. The summed E-state index contributed by atoms with van der Waals surface area (Å²) in [6.07, 6.45) is 3.24. The minimum atomic E-state index is 0.228. The van der Waals surface area contributed by atoms with Crippen molar-refractivity contribution < 1.29 is 4.74 Å². The van der Waals surface area contributed by atoms with E-state index in [1.807, 2.05) is 0 Å². The Morgan fingerprint density at radius 3 is 2.39 bits per heavy atom. The van der Waals surface area contributed by atoms with Crippen LogP contribution in [0.15, 0.2) is 24.3 Å². The van der Waals surface area contributed by atoms with Crippen LogP contribution in [-0.4, -0.2) is 44.3 Å². The lowest BCUT2D eigenvalue weighted by atomic mass is 10.0. The fourth-order valence-corrected chi connectivity index (χ4v) is 2.59. The molecule has 0 saturated carbocycles. The molecule has 0 saturated heterocycles. The van der Waals surface area contributed by atoms with Crippen LogP contribution in [0.25, 0.3) is 0 Å². The SMILES string of the molecule is COCCC(N)CN1CCc2ccccc2CC1. The Bertz CT molecular complexity index is 340. The van der Waals surface area contributed by atoms with Gasteiger partial charge in [0.1, 0.15) is 0 Å². The molecule has 1 aromatic rings. The van der Waals surface area contributed by atoms with E-state index in [1.54, 1.807) is 7.11 Å². The predicted octanol–water partition coefficient (Wildman–Crippen LogP) is 1.45. The summed E-state index contributed by atoms with van der Waals surface area (Å²) in [5, 5.41) is 0. The average molecular weight is 248 g/mol. The van der Waals surface area contributed by atoms with Crippen LogP contribution in [0.4, 0.5) is 0 Å². The van der Waals surface area contributed by atoms with Crippen molar-refractivity contribution in [1.82, 2.24) is 4.90 Å². The molecular formula is C15H24N2O. The molecule has 1 unspecified atom stereocenters. The second-order valence-corrected chi connectivity index (χ2v) is 5.11. The van der Waals surface area contributed by atoms with E-state index in [-0.39, 0.29) is 6.04 Å². The number of hydrogen-bond acceptors (Lipinski definition) is 3. The lowest BCUT2D eigenvalue weighted by Crippen LogP contribution is -2.39. The van der Waals surface area contributed by atoms with Crippen LogP contribution in [0.2, 0.25) is 0 Å². The Kier molecular flexibility index (Phi) is 5.17. The van der Waals surface area contributed by atoms with Gasteiger partial charge in [-0.3, -0.25) is 0 Å². The standard InChI is InChI=1S/C15H24N2O/c1-18-11-8-15(16)12-17-9-6-13-4-2-3-5-14(13)7-10-17/h2-5,15H,6-12,16H2,1H3. The van der Waals surface area contributed by atoms with E-state index in [2.05, 4.69) is 29.2 Å². The third-order valence-corrected chi connectivity index (χ3v) is 3.70. The highest BCUT2D eigenvalue weighted by molar-refractivity contribution is 5.28. The highest BCUT2D eigenvalue weighted by atomic mass is 16.5. The van der Waals surface area contributed by atoms with Gasteiger partial charge in [0, 0.05) is 39.4 Å². The zero-order chi connectivity index (χ0) is 12.8. The summed E-state index contributed by atoms with van der Waals surface area (Å²) >= 11 is 0. The fourth-order valence-electron chi connectivity index (χ4n) is 2.59. The van der Waals surface area contributed by atoms with Crippen LogP contribution >= 0.6 is 0 Å². The van der Waals surface area contributed by atoms with Crippen molar-refractivity contribution in [2.24, 2.45) is 5.73 Å². The van der Waals surface area contributed by atoms with Gasteiger partial charge in [0.05, 0.1) is 0 Å². The molecule has 100 valence electrons.